The second-order valence-corrected chi connectivity index (χ2v) is 10.6. The van der Waals surface area contributed by atoms with Crippen LogP contribution in [0, 0.1) is 0 Å². The Bertz CT molecular complexity index is 1430. The van der Waals surface area contributed by atoms with Gasteiger partial charge in [0.2, 0.25) is 0 Å². The van der Waals surface area contributed by atoms with Crippen LogP contribution in [0.4, 0.5) is 0 Å². The molecule has 4 rings (SSSR count). The van der Waals surface area contributed by atoms with Crippen molar-refractivity contribution in [3.05, 3.63) is 84.3 Å². The second kappa shape index (κ2) is 14.9. The lowest BCUT2D eigenvalue weighted by Crippen LogP contribution is -2.42. The molecule has 0 fully saturated rings. The van der Waals surface area contributed by atoms with Crippen molar-refractivity contribution in [2.45, 2.75) is 71.3 Å². The van der Waals surface area contributed by atoms with E-state index in [0.717, 1.165) is 41.0 Å². The summed E-state index contributed by atoms with van der Waals surface area (Å²) in [5.41, 5.74) is 3.49. The topological polar surface area (TPSA) is 127 Å². The molecule has 9 heteroatoms. The van der Waals surface area contributed by atoms with Crippen molar-refractivity contribution in [2.24, 2.45) is 0 Å². The Balaban J connectivity index is 1.32. The first-order valence-electron chi connectivity index (χ1n) is 14.5. The van der Waals surface area contributed by atoms with Crippen molar-refractivity contribution in [3.8, 4) is 28.3 Å². The van der Waals surface area contributed by atoms with Gasteiger partial charge in [-0.3, -0.25) is 4.79 Å². The van der Waals surface area contributed by atoms with Crippen molar-refractivity contribution in [2.75, 3.05) is 6.61 Å². The molecule has 0 radical (unpaired) electrons. The first kappa shape index (κ1) is 30.4. The number of nitrogens with zero attached hydrogens (tertiary/aromatic N) is 3. The SMILES string of the molecule is CCCCCCCOc1ccc(-c2cnc(-c3ccc(CC(NC(=O)c4coc(C(C)C)n4)C(=O)O)cc3)nc2)cc1. The predicted molar refractivity (Wildman–Crippen MR) is 160 cm³/mol. The standard InChI is InChI=1S/C33H38N4O5/c1-4-5-6-7-8-17-41-27-15-13-24(14-16-27)26-19-34-30(35-20-26)25-11-9-23(10-12-25)18-28(33(39)40)36-31(38)29-21-42-32(37-29)22(2)3/h9-16,19-22,28H,4-8,17-18H2,1-3H3,(H,36,38)(H,39,40). The summed E-state index contributed by atoms with van der Waals surface area (Å²) in [6, 6.07) is 14.1. The molecule has 42 heavy (non-hydrogen) atoms. The predicted octanol–water partition coefficient (Wildman–Crippen LogP) is 6.70. The largest absolute Gasteiger partial charge is 0.494 e. The molecule has 2 aromatic carbocycles. The first-order chi connectivity index (χ1) is 20.3. The quantitative estimate of drug-likeness (QED) is 0.151. The number of hydrogen-bond donors (Lipinski definition) is 2. The molecule has 0 aliphatic rings. The zero-order chi connectivity index (χ0) is 29.9. The smallest absolute Gasteiger partial charge is 0.326 e. The van der Waals surface area contributed by atoms with Gasteiger partial charge < -0.3 is 19.6 Å². The summed E-state index contributed by atoms with van der Waals surface area (Å²) in [6.07, 6.45) is 11.0. The number of amides is 1. The summed E-state index contributed by atoms with van der Waals surface area (Å²) in [4.78, 5) is 37.6. The summed E-state index contributed by atoms with van der Waals surface area (Å²) < 4.78 is 11.1. The number of carboxylic acids is 1. The van der Waals surface area contributed by atoms with Crippen LogP contribution < -0.4 is 10.1 Å². The van der Waals surface area contributed by atoms with E-state index in [0.29, 0.717) is 11.7 Å². The van der Waals surface area contributed by atoms with Crippen LogP contribution in [-0.2, 0) is 11.2 Å². The van der Waals surface area contributed by atoms with Gasteiger partial charge in [0, 0.05) is 35.9 Å². The molecule has 1 unspecified atom stereocenters. The van der Waals surface area contributed by atoms with Gasteiger partial charge in [-0.1, -0.05) is 82.9 Å². The third kappa shape index (κ3) is 8.49. The number of hydrogen-bond acceptors (Lipinski definition) is 7. The van der Waals surface area contributed by atoms with Crippen molar-refractivity contribution in [1.29, 1.82) is 0 Å². The van der Waals surface area contributed by atoms with Gasteiger partial charge in [-0.25, -0.2) is 19.7 Å². The van der Waals surface area contributed by atoms with Crippen LogP contribution in [0.2, 0.25) is 0 Å². The summed E-state index contributed by atoms with van der Waals surface area (Å²) >= 11 is 0. The molecule has 0 saturated carbocycles. The van der Waals surface area contributed by atoms with Crippen LogP contribution in [0.25, 0.3) is 22.5 Å². The molecule has 220 valence electrons. The van der Waals surface area contributed by atoms with Crippen molar-refractivity contribution in [1.82, 2.24) is 20.3 Å². The zero-order valence-corrected chi connectivity index (χ0v) is 24.4. The van der Waals surface area contributed by atoms with E-state index in [-0.39, 0.29) is 18.0 Å². The Morgan fingerprint density at radius 1 is 0.905 bits per heavy atom. The minimum atomic E-state index is -1.14. The zero-order valence-electron chi connectivity index (χ0n) is 24.4. The van der Waals surface area contributed by atoms with Gasteiger partial charge in [0.05, 0.1) is 6.61 Å². The molecule has 2 aromatic heterocycles. The van der Waals surface area contributed by atoms with Crippen LogP contribution in [0.15, 0.2) is 71.6 Å². The van der Waals surface area contributed by atoms with Gasteiger partial charge >= 0.3 is 5.97 Å². The van der Waals surface area contributed by atoms with Gasteiger partial charge in [-0.2, -0.15) is 0 Å². The fourth-order valence-electron chi connectivity index (χ4n) is 4.38. The Morgan fingerprint density at radius 3 is 2.19 bits per heavy atom. The Kier molecular flexibility index (Phi) is 10.8. The van der Waals surface area contributed by atoms with Crippen LogP contribution in [0.1, 0.15) is 80.7 Å². The number of unbranched alkanes of at least 4 members (excludes halogenated alkanes) is 4. The molecule has 0 spiro atoms. The van der Waals surface area contributed by atoms with Gasteiger partial charge in [0.1, 0.15) is 18.1 Å². The fraction of sp³-hybridized carbons (Fsp3) is 0.364. The number of aliphatic carboxylic acids is 1. The fourth-order valence-corrected chi connectivity index (χ4v) is 4.38. The molecular weight excluding hydrogens is 532 g/mol. The van der Waals surface area contributed by atoms with E-state index in [1.807, 2.05) is 62.4 Å². The average molecular weight is 571 g/mol. The van der Waals surface area contributed by atoms with E-state index in [2.05, 4.69) is 27.2 Å². The molecular formula is C33H38N4O5. The molecule has 0 bridgehead atoms. The summed E-state index contributed by atoms with van der Waals surface area (Å²) in [5.74, 6) is 0.119. The van der Waals surface area contributed by atoms with E-state index in [9.17, 15) is 14.7 Å². The minimum absolute atomic E-state index is 0.0155. The number of nitrogens with one attached hydrogen (secondary N) is 1. The summed E-state index contributed by atoms with van der Waals surface area (Å²) in [5, 5.41) is 12.2. The maximum Gasteiger partial charge on any atom is 0.326 e. The highest BCUT2D eigenvalue weighted by atomic mass is 16.5. The number of carbonyl (C=O) groups excluding carboxylic acids is 1. The van der Waals surface area contributed by atoms with E-state index in [1.54, 1.807) is 12.4 Å². The summed E-state index contributed by atoms with van der Waals surface area (Å²) in [6.45, 7) is 6.72. The number of benzene rings is 2. The van der Waals surface area contributed by atoms with Gasteiger partial charge in [0.25, 0.3) is 5.91 Å². The number of aromatic nitrogens is 3. The van der Waals surface area contributed by atoms with Crippen molar-refractivity contribution < 1.29 is 23.8 Å². The van der Waals surface area contributed by atoms with Gasteiger partial charge in [0.15, 0.2) is 17.4 Å². The average Bonchev–Trinajstić information content (AvgIpc) is 3.51. The van der Waals surface area contributed by atoms with E-state index < -0.39 is 17.9 Å². The van der Waals surface area contributed by atoms with Gasteiger partial charge in [-0.05, 0) is 29.7 Å². The summed E-state index contributed by atoms with van der Waals surface area (Å²) in [7, 11) is 0. The molecule has 0 aliphatic carbocycles. The normalized spacial score (nSPS) is 11.8. The van der Waals surface area contributed by atoms with E-state index >= 15 is 0 Å². The molecule has 4 aromatic rings. The highest BCUT2D eigenvalue weighted by molar-refractivity contribution is 5.94. The number of carbonyl (C=O) groups is 2. The third-order valence-corrected chi connectivity index (χ3v) is 6.86. The Morgan fingerprint density at radius 2 is 1.57 bits per heavy atom. The second-order valence-electron chi connectivity index (χ2n) is 10.6. The molecule has 0 saturated heterocycles. The molecule has 2 N–H and O–H groups in total. The van der Waals surface area contributed by atoms with E-state index in [4.69, 9.17) is 9.15 Å². The van der Waals surface area contributed by atoms with Crippen molar-refractivity contribution >= 4 is 11.9 Å². The van der Waals surface area contributed by atoms with Crippen LogP contribution in [0.5, 0.6) is 5.75 Å². The molecule has 9 nitrogen and oxygen atoms in total. The Labute approximate surface area is 246 Å². The molecule has 2 heterocycles. The van der Waals surface area contributed by atoms with Gasteiger partial charge in [-0.15, -0.1) is 0 Å². The number of rotatable bonds is 15. The lowest BCUT2D eigenvalue weighted by Gasteiger charge is -2.14. The number of oxazole rings is 1. The first-order valence-corrected chi connectivity index (χ1v) is 14.5. The maximum absolute atomic E-state index is 12.5. The molecule has 1 atom stereocenters. The van der Waals surface area contributed by atoms with Crippen molar-refractivity contribution in [3.63, 3.8) is 0 Å². The number of carboxylic acid groups (broad SMARTS) is 1. The number of ether oxygens (including phenoxy) is 1. The molecule has 0 aliphatic heterocycles. The van der Waals surface area contributed by atoms with Crippen LogP contribution in [0.3, 0.4) is 0 Å². The maximum atomic E-state index is 12.5. The highest BCUT2D eigenvalue weighted by Crippen LogP contribution is 2.24. The lowest BCUT2D eigenvalue weighted by atomic mass is 10.0. The minimum Gasteiger partial charge on any atom is -0.494 e. The van der Waals surface area contributed by atoms with E-state index in [1.165, 1.54) is 31.9 Å². The monoisotopic (exact) mass is 570 g/mol. The van der Waals surface area contributed by atoms with Crippen LogP contribution >= 0.6 is 0 Å². The third-order valence-electron chi connectivity index (χ3n) is 6.86. The molecule has 1 amide bonds. The van der Waals surface area contributed by atoms with Crippen LogP contribution in [-0.4, -0.2) is 44.6 Å². The lowest BCUT2D eigenvalue weighted by molar-refractivity contribution is -0.139. The highest BCUT2D eigenvalue weighted by Gasteiger charge is 2.23. The Hall–Kier alpha value is -4.53.